The van der Waals surface area contributed by atoms with Gasteiger partial charge in [-0.1, -0.05) is 29.8 Å². The molecule has 0 atom stereocenters. The first kappa shape index (κ1) is 15.4. The molecule has 118 valence electrons. The summed E-state index contributed by atoms with van der Waals surface area (Å²) >= 11 is 1.41. The number of hydrogen-bond acceptors (Lipinski definition) is 4. The SMILES string of the molecule is CCn1nc(C(=O)Nc2nc(-c3ccc(C)cc3)cs2)cc1C. The van der Waals surface area contributed by atoms with Crippen LogP contribution in [0, 0.1) is 13.8 Å². The van der Waals surface area contributed by atoms with Crippen LogP contribution < -0.4 is 5.32 Å². The molecule has 1 aromatic carbocycles. The van der Waals surface area contributed by atoms with Crippen LogP contribution in [0.25, 0.3) is 11.3 Å². The molecule has 23 heavy (non-hydrogen) atoms. The zero-order valence-electron chi connectivity index (χ0n) is 13.3. The standard InChI is InChI=1S/C17H18N4OS/c1-4-21-12(3)9-14(20-21)16(22)19-17-18-15(10-23-17)13-7-5-11(2)6-8-13/h5-10H,4H2,1-3H3,(H,18,19,22). The fraction of sp³-hybridized carbons (Fsp3) is 0.235. The lowest BCUT2D eigenvalue weighted by molar-refractivity contribution is 0.102. The normalized spacial score (nSPS) is 10.7. The van der Waals surface area contributed by atoms with Gasteiger partial charge in [0.15, 0.2) is 10.8 Å². The summed E-state index contributed by atoms with van der Waals surface area (Å²) in [5.41, 5.74) is 4.49. The molecule has 1 N–H and O–H groups in total. The number of benzene rings is 1. The van der Waals surface area contributed by atoms with E-state index in [4.69, 9.17) is 0 Å². The largest absolute Gasteiger partial charge is 0.296 e. The monoisotopic (exact) mass is 326 g/mol. The van der Waals surface area contributed by atoms with Crippen LogP contribution in [0.2, 0.25) is 0 Å². The van der Waals surface area contributed by atoms with Gasteiger partial charge in [-0.15, -0.1) is 11.3 Å². The van der Waals surface area contributed by atoms with E-state index in [-0.39, 0.29) is 5.91 Å². The Morgan fingerprint density at radius 2 is 2.00 bits per heavy atom. The molecule has 5 nitrogen and oxygen atoms in total. The van der Waals surface area contributed by atoms with Gasteiger partial charge in [0.2, 0.25) is 0 Å². The van der Waals surface area contributed by atoms with E-state index in [0.717, 1.165) is 23.5 Å². The molecule has 0 bridgehead atoms. The van der Waals surface area contributed by atoms with Gasteiger partial charge in [0.1, 0.15) is 0 Å². The number of hydrogen-bond donors (Lipinski definition) is 1. The maximum absolute atomic E-state index is 12.3. The minimum Gasteiger partial charge on any atom is -0.296 e. The van der Waals surface area contributed by atoms with Crippen molar-refractivity contribution >= 4 is 22.4 Å². The summed E-state index contributed by atoms with van der Waals surface area (Å²) < 4.78 is 1.80. The summed E-state index contributed by atoms with van der Waals surface area (Å²) in [5.74, 6) is -0.231. The number of anilines is 1. The molecule has 2 heterocycles. The Kier molecular flexibility index (Phi) is 4.25. The van der Waals surface area contributed by atoms with Crippen LogP contribution in [-0.2, 0) is 6.54 Å². The highest BCUT2D eigenvalue weighted by molar-refractivity contribution is 7.14. The van der Waals surface area contributed by atoms with Crippen LogP contribution in [0.15, 0.2) is 35.7 Å². The molecule has 0 aliphatic rings. The third-order valence-electron chi connectivity index (χ3n) is 3.59. The van der Waals surface area contributed by atoms with Gasteiger partial charge in [0.05, 0.1) is 5.69 Å². The lowest BCUT2D eigenvalue weighted by atomic mass is 10.1. The average molecular weight is 326 g/mol. The Balaban J connectivity index is 1.75. The van der Waals surface area contributed by atoms with Gasteiger partial charge in [-0.3, -0.25) is 14.8 Å². The number of thiazole rings is 1. The lowest BCUT2D eigenvalue weighted by Crippen LogP contribution is -2.13. The summed E-state index contributed by atoms with van der Waals surface area (Å²) in [6.07, 6.45) is 0. The van der Waals surface area contributed by atoms with Crippen molar-refractivity contribution in [2.45, 2.75) is 27.3 Å². The van der Waals surface area contributed by atoms with E-state index in [0.29, 0.717) is 10.8 Å². The molecule has 0 fully saturated rings. The molecule has 2 aromatic heterocycles. The minimum absolute atomic E-state index is 0.231. The number of nitrogens with one attached hydrogen (secondary N) is 1. The molecule has 0 aliphatic heterocycles. The Morgan fingerprint density at radius 3 is 2.65 bits per heavy atom. The van der Waals surface area contributed by atoms with Crippen molar-refractivity contribution in [1.82, 2.24) is 14.8 Å². The van der Waals surface area contributed by atoms with Crippen molar-refractivity contribution in [2.75, 3.05) is 5.32 Å². The fourth-order valence-corrected chi connectivity index (χ4v) is 3.01. The molecule has 1 amide bonds. The van der Waals surface area contributed by atoms with Crippen LogP contribution in [0.3, 0.4) is 0 Å². The number of amides is 1. The second-order valence-corrected chi connectivity index (χ2v) is 6.20. The second-order valence-electron chi connectivity index (χ2n) is 5.34. The summed E-state index contributed by atoms with van der Waals surface area (Å²) in [7, 11) is 0. The number of carbonyl (C=O) groups excluding carboxylic acids is 1. The Hall–Kier alpha value is -2.47. The second kappa shape index (κ2) is 6.34. The van der Waals surface area contributed by atoms with Crippen molar-refractivity contribution in [3.63, 3.8) is 0 Å². The van der Waals surface area contributed by atoms with E-state index in [2.05, 4.69) is 15.4 Å². The fourth-order valence-electron chi connectivity index (χ4n) is 2.29. The van der Waals surface area contributed by atoms with Gasteiger partial charge in [0, 0.05) is 23.2 Å². The molecule has 0 spiro atoms. The first-order valence-corrected chi connectivity index (χ1v) is 8.33. The molecule has 0 saturated heterocycles. The third kappa shape index (κ3) is 3.32. The average Bonchev–Trinajstić information content (AvgIpc) is 3.14. The van der Waals surface area contributed by atoms with Gasteiger partial charge in [-0.05, 0) is 26.8 Å². The molecular weight excluding hydrogens is 308 g/mol. The van der Waals surface area contributed by atoms with E-state index in [1.165, 1.54) is 16.9 Å². The number of aryl methyl sites for hydroxylation is 3. The van der Waals surface area contributed by atoms with Crippen LogP contribution >= 0.6 is 11.3 Å². The minimum atomic E-state index is -0.231. The zero-order valence-corrected chi connectivity index (χ0v) is 14.1. The maximum Gasteiger partial charge on any atom is 0.277 e. The topological polar surface area (TPSA) is 59.8 Å². The van der Waals surface area contributed by atoms with Crippen LogP contribution in [0.5, 0.6) is 0 Å². The Bertz CT molecular complexity index is 833. The van der Waals surface area contributed by atoms with Gasteiger partial charge in [-0.25, -0.2) is 4.98 Å². The quantitative estimate of drug-likeness (QED) is 0.791. The van der Waals surface area contributed by atoms with E-state index in [9.17, 15) is 4.79 Å². The van der Waals surface area contributed by atoms with Crippen molar-refractivity contribution in [2.24, 2.45) is 0 Å². The van der Waals surface area contributed by atoms with E-state index in [1.54, 1.807) is 10.7 Å². The Labute approximate surface area is 139 Å². The molecular formula is C17H18N4OS. The smallest absolute Gasteiger partial charge is 0.277 e. The Morgan fingerprint density at radius 1 is 1.26 bits per heavy atom. The third-order valence-corrected chi connectivity index (χ3v) is 4.34. The molecule has 3 rings (SSSR count). The molecule has 0 unspecified atom stereocenters. The zero-order chi connectivity index (χ0) is 16.4. The maximum atomic E-state index is 12.3. The van der Waals surface area contributed by atoms with Gasteiger partial charge >= 0.3 is 0 Å². The van der Waals surface area contributed by atoms with E-state index in [1.807, 2.05) is 50.4 Å². The van der Waals surface area contributed by atoms with Crippen LogP contribution in [-0.4, -0.2) is 20.7 Å². The van der Waals surface area contributed by atoms with Crippen molar-refractivity contribution in [3.8, 4) is 11.3 Å². The van der Waals surface area contributed by atoms with Gasteiger partial charge in [-0.2, -0.15) is 5.10 Å². The lowest BCUT2D eigenvalue weighted by Gasteiger charge is -1.99. The summed E-state index contributed by atoms with van der Waals surface area (Å²) in [6, 6.07) is 9.94. The highest BCUT2D eigenvalue weighted by atomic mass is 32.1. The van der Waals surface area contributed by atoms with Crippen molar-refractivity contribution in [3.05, 3.63) is 52.7 Å². The summed E-state index contributed by atoms with van der Waals surface area (Å²) in [4.78, 5) is 16.7. The van der Waals surface area contributed by atoms with Crippen molar-refractivity contribution < 1.29 is 4.79 Å². The highest BCUT2D eigenvalue weighted by Crippen LogP contribution is 2.25. The number of aromatic nitrogens is 3. The molecule has 3 aromatic rings. The molecule has 0 saturated carbocycles. The number of carbonyl (C=O) groups is 1. The first-order valence-electron chi connectivity index (χ1n) is 7.45. The summed E-state index contributed by atoms with van der Waals surface area (Å²) in [6.45, 7) is 6.73. The first-order chi connectivity index (χ1) is 11.1. The number of nitrogens with zero attached hydrogens (tertiary/aromatic N) is 3. The summed E-state index contributed by atoms with van der Waals surface area (Å²) in [5, 5.41) is 9.62. The molecule has 0 radical (unpaired) electrons. The van der Waals surface area contributed by atoms with E-state index >= 15 is 0 Å². The van der Waals surface area contributed by atoms with E-state index < -0.39 is 0 Å². The predicted molar refractivity (Wildman–Crippen MR) is 92.9 cm³/mol. The van der Waals surface area contributed by atoms with Crippen LogP contribution in [0.1, 0.15) is 28.7 Å². The van der Waals surface area contributed by atoms with Crippen molar-refractivity contribution in [1.29, 1.82) is 0 Å². The highest BCUT2D eigenvalue weighted by Gasteiger charge is 2.14. The van der Waals surface area contributed by atoms with Gasteiger partial charge < -0.3 is 0 Å². The molecule has 0 aliphatic carbocycles. The van der Waals surface area contributed by atoms with Crippen LogP contribution in [0.4, 0.5) is 5.13 Å². The molecule has 6 heteroatoms. The predicted octanol–water partition coefficient (Wildman–Crippen LogP) is 3.90. The van der Waals surface area contributed by atoms with Gasteiger partial charge in [0.25, 0.3) is 5.91 Å². The number of rotatable bonds is 4.